The van der Waals surface area contributed by atoms with Crippen LogP contribution in [0.1, 0.15) is 35.4 Å². The van der Waals surface area contributed by atoms with Crippen molar-refractivity contribution in [3.05, 3.63) is 86.8 Å². The molecule has 33 heavy (non-hydrogen) atoms. The van der Waals surface area contributed by atoms with E-state index in [1.807, 2.05) is 41.8 Å². The number of hydrogen-bond donors (Lipinski definition) is 2. The number of carbonyl (C=O) groups excluding carboxylic acids is 1. The van der Waals surface area contributed by atoms with E-state index in [0.29, 0.717) is 10.6 Å². The molecule has 4 aromatic rings. The van der Waals surface area contributed by atoms with E-state index < -0.39 is 0 Å². The summed E-state index contributed by atoms with van der Waals surface area (Å²) in [5.74, 6) is 1.22. The number of nitrogens with one attached hydrogen (secondary N) is 2. The first-order chi connectivity index (χ1) is 16.1. The fourth-order valence-corrected chi connectivity index (χ4v) is 4.71. The third-order valence-corrected chi connectivity index (χ3v) is 6.64. The number of aromatic amines is 1. The van der Waals surface area contributed by atoms with Crippen LogP contribution < -0.4 is 10.1 Å². The van der Waals surface area contributed by atoms with E-state index in [2.05, 4.69) is 46.7 Å². The van der Waals surface area contributed by atoms with Crippen LogP contribution in [0, 0.1) is 4.77 Å². The van der Waals surface area contributed by atoms with Gasteiger partial charge in [0.1, 0.15) is 12.3 Å². The molecule has 0 bridgehead atoms. The van der Waals surface area contributed by atoms with Crippen LogP contribution in [0.3, 0.4) is 0 Å². The molecule has 6 nitrogen and oxygen atoms in total. The van der Waals surface area contributed by atoms with Gasteiger partial charge in [-0.1, -0.05) is 43.7 Å². The van der Waals surface area contributed by atoms with Crippen molar-refractivity contribution in [3.63, 3.8) is 0 Å². The lowest BCUT2D eigenvalue weighted by Gasteiger charge is -2.19. The SMILES string of the molecule is CCCc1ccc(C(NC(=O)Cn2c(-c3ccc(OC)cc3)n[nH]c2=S)c2cccs2)cc1. The monoisotopic (exact) mass is 478 g/mol. The topological polar surface area (TPSA) is 71.9 Å². The third kappa shape index (κ3) is 5.40. The smallest absolute Gasteiger partial charge is 0.240 e. The van der Waals surface area contributed by atoms with Gasteiger partial charge in [0.2, 0.25) is 5.91 Å². The Kier molecular flexibility index (Phi) is 7.36. The average molecular weight is 479 g/mol. The molecule has 0 fully saturated rings. The Morgan fingerprint density at radius 3 is 2.58 bits per heavy atom. The summed E-state index contributed by atoms with van der Waals surface area (Å²) in [5, 5.41) is 12.4. The van der Waals surface area contributed by atoms with E-state index in [1.54, 1.807) is 23.0 Å². The van der Waals surface area contributed by atoms with Gasteiger partial charge in [0.25, 0.3) is 0 Å². The predicted octanol–water partition coefficient (Wildman–Crippen LogP) is 5.54. The Labute approximate surface area is 202 Å². The minimum absolute atomic E-state index is 0.0620. The summed E-state index contributed by atoms with van der Waals surface area (Å²) in [4.78, 5) is 14.2. The maximum atomic E-state index is 13.2. The predicted molar refractivity (Wildman–Crippen MR) is 134 cm³/mol. The van der Waals surface area contributed by atoms with Crippen molar-refractivity contribution >= 4 is 29.5 Å². The first-order valence-electron chi connectivity index (χ1n) is 10.8. The highest BCUT2D eigenvalue weighted by Gasteiger charge is 2.20. The molecular weight excluding hydrogens is 452 g/mol. The molecule has 2 N–H and O–H groups in total. The molecule has 0 aliphatic heterocycles. The second-order valence-corrected chi connectivity index (χ2v) is 9.04. The second kappa shape index (κ2) is 10.6. The van der Waals surface area contributed by atoms with Crippen LogP contribution in [0.5, 0.6) is 5.75 Å². The Bertz CT molecular complexity index is 1240. The summed E-state index contributed by atoms with van der Waals surface area (Å²) in [5.41, 5.74) is 3.19. The lowest BCUT2D eigenvalue weighted by molar-refractivity contribution is -0.122. The number of H-pyrrole nitrogens is 1. The molecule has 1 unspecified atom stereocenters. The zero-order chi connectivity index (χ0) is 23.2. The van der Waals surface area contributed by atoms with Gasteiger partial charge in [0, 0.05) is 10.4 Å². The lowest BCUT2D eigenvalue weighted by atomic mass is 10.0. The Morgan fingerprint density at radius 1 is 1.18 bits per heavy atom. The van der Waals surface area contributed by atoms with Crippen molar-refractivity contribution in [1.29, 1.82) is 0 Å². The van der Waals surface area contributed by atoms with Gasteiger partial charge in [-0.2, -0.15) is 5.10 Å². The highest BCUT2D eigenvalue weighted by atomic mass is 32.1. The summed E-state index contributed by atoms with van der Waals surface area (Å²) >= 11 is 7.03. The molecule has 0 radical (unpaired) electrons. The van der Waals surface area contributed by atoms with E-state index in [4.69, 9.17) is 17.0 Å². The van der Waals surface area contributed by atoms with Crippen LogP contribution in [-0.2, 0) is 17.8 Å². The Balaban J connectivity index is 1.56. The van der Waals surface area contributed by atoms with Gasteiger partial charge in [0.05, 0.1) is 13.2 Å². The number of nitrogens with zero attached hydrogens (tertiary/aromatic N) is 2. The highest BCUT2D eigenvalue weighted by molar-refractivity contribution is 7.71. The van der Waals surface area contributed by atoms with Crippen molar-refractivity contribution in [2.75, 3.05) is 7.11 Å². The first-order valence-corrected chi connectivity index (χ1v) is 12.1. The number of methoxy groups -OCH3 is 1. The zero-order valence-corrected chi connectivity index (χ0v) is 20.2. The molecule has 2 heterocycles. The maximum Gasteiger partial charge on any atom is 0.240 e. The van der Waals surface area contributed by atoms with Crippen LogP contribution in [0.15, 0.2) is 66.0 Å². The molecule has 2 aromatic heterocycles. The minimum atomic E-state index is -0.223. The fraction of sp³-hybridized carbons (Fsp3) is 0.240. The van der Waals surface area contributed by atoms with Crippen molar-refractivity contribution in [3.8, 4) is 17.1 Å². The molecule has 4 rings (SSSR count). The quantitative estimate of drug-likeness (QED) is 0.310. The number of hydrogen-bond acceptors (Lipinski definition) is 5. The summed E-state index contributed by atoms with van der Waals surface area (Å²) in [6.07, 6.45) is 2.15. The number of thiophene rings is 1. The second-order valence-electron chi connectivity index (χ2n) is 7.67. The van der Waals surface area contributed by atoms with Crippen molar-refractivity contribution in [2.24, 2.45) is 0 Å². The number of benzene rings is 2. The molecule has 0 aliphatic carbocycles. The van der Waals surface area contributed by atoms with Crippen LogP contribution in [0.2, 0.25) is 0 Å². The van der Waals surface area contributed by atoms with E-state index in [1.165, 1.54) is 5.56 Å². The summed E-state index contributed by atoms with van der Waals surface area (Å²) in [6, 6.07) is 19.8. The van der Waals surface area contributed by atoms with Crippen molar-refractivity contribution < 1.29 is 9.53 Å². The largest absolute Gasteiger partial charge is 0.497 e. The molecule has 8 heteroatoms. The number of amides is 1. The van der Waals surface area contributed by atoms with Crippen LogP contribution in [-0.4, -0.2) is 27.8 Å². The molecule has 0 aliphatic rings. The summed E-state index contributed by atoms with van der Waals surface area (Å²) < 4.78 is 7.33. The molecular formula is C25H26N4O2S2. The lowest BCUT2D eigenvalue weighted by Crippen LogP contribution is -2.32. The van der Waals surface area contributed by atoms with Gasteiger partial charge in [-0.05, 0) is 65.5 Å². The number of rotatable bonds is 9. The van der Waals surface area contributed by atoms with Gasteiger partial charge in [-0.25, -0.2) is 0 Å². The molecule has 0 saturated heterocycles. The standard InChI is InChI=1S/C25H26N4O2S2/c1-3-5-17-7-9-18(10-8-17)23(21-6-4-15-33-21)26-22(30)16-29-24(27-28-25(29)32)19-11-13-20(31-2)14-12-19/h4,6-15,23H,3,5,16H2,1-2H3,(H,26,30)(H,28,32). The van der Waals surface area contributed by atoms with Gasteiger partial charge < -0.3 is 10.1 Å². The fourth-order valence-electron chi connectivity index (χ4n) is 3.71. The Hall–Kier alpha value is -3.23. The van der Waals surface area contributed by atoms with Crippen molar-refractivity contribution in [1.82, 2.24) is 20.1 Å². The normalized spacial score (nSPS) is 11.8. The minimum Gasteiger partial charge on any atom is -0.497 e. The van der Waals surface area contributed by atoms with Gasteiger partial charge in [-0.3, -0.25) is 14.5 Å². The molecule has 0 saturated carbocycles. The molecule has 0 spiro atoms. The summed E-state index contributed by atoms with van der Waals surface area (Å²) in [7, 11) is 1.62. The molecule has 170 valence electrons. The van der Waals surface area contributed by atoms with E-state index >= 15 is 0 Å². The van der Waals surface area contributed by atoms with Gasteiger partial charge in [0.15, 0.2) is 10.6 Å². The molecule has 1 atom stereocenters. The zero-order valence-electron chi connectivity index (χ0n) is 18.6. The van der Waals surface area contributed by atoms with Gasteiger partial charge in [-0.15, -0.1) is 11.3 Å². The van der Waals surface area contributed by atoms with E-state index in [-0.39, 0.29) is 18.5 Å². The molecule has 2 aromatic carbocycles. The van der Waals surface area contributed by atoms with Crippen LogP contribution >= 0.6 is 23.6 Å². The van der Waals surface area contributed by atoms with Gasteiger partial charge >= 0.3 is 0 Å². The first kappa shape index (κ1) is 22.9. The number of ether oxygens (including phenoxy) is 1. The van der Waals surface area contributed by atoms with Crippen molar-refractivity contribution in [2.45, 2.75) is 32.4 Å². The van der Waals surface area contributed by atoms with Crippen LogP contribution in [0.25, 0.3) is 11.4 Å². The highest BCUT2D eigenvalue weighted by Crippen LogP contribution is 2.27. The Morgan fingerprint density at radius 2 is 1.94 bits per heavy atom. The third-order valence-electron chi connectivity index (χ3n) is 5.39. The van der Waals surface area contributed by atoms with E-state index in [9.17, 15) is 4.79 Å². The summed E-state index contributed by atoms with van der Waals surface area (Å²) in [6.45, 7) is 2.23. The average Bonchev–Trinajstić information content (AvgIpc) is 3.49. The molecule has 1 amide bonds. The van der Waals surface area contributed by atoms with Crippen LogP contribution in [0.4, 0.5) is 0 Å². The van der Waals surface area contributed by atoms with E-state index in [0.717, 1.165) is 34.6 Å². The number of carbonyl (C=O) groups is 1. The maximum absolute atomic E-state index is 13.2. The number of aryl methyl sites for hydroxylation is 1. The number of aromatic nitrogens is 3.